The Balaban J connectivity index is 2.17. The number of hydrogen-bond acceptors (Lipinski definition) is 3. The average molecular weight is 397 g/mol. The number of aryl methyl sites for hydroxylation is 2. The molecule has 2 aromatic rings. The molecule has 0 aliphatic rings. The van der Waals surface area contributed by atoms with Crippen molar-refractivity contribution in [3.8, 4) is 5.75 Å². The monoisotopic (exact) mass is 396 g/mol. The number of rotatable bonds is 9. The van der Waals surface area contributed by atoms with Crippen molar-refractivity contribution in [2.24, 2.45) is 0 Å². The molecule has 1 N–H and O–H groups in total. The van der Waals surface area contributed by atoms with Gasteiger partial charge in [-0.15, -0.1) is 0 Å². The molecule has 5 heteroatoms. The van der Waals surface area contributed by atoms with Crippen molar-refractivity contribution in [2.75, 3.05) is 6.61 Å². The van der Waals surface area contributed by atoms with Crippen molar-refractivity contribution in [3.63, 3.8) is 0 Å². The lowest BCUT2D eigenvalue weighted by Crippen LogP contribution is -2.50. The van der Waals surface area contributed by atoms with Gasteiger partial charge in [0.05, 0.1) is 0 Å². The van der Waals surface area contributed by atoms with Gasteiger partial charge in [-0.1, -0.05) is 55.0 Å². The van der Waals surface area contributed by atoms with Crippen molar-refractivity contribution < 1.29 is 14.3 Å². The predicted octanol–water partition coefficient (Wildman–Crippen LogP) is 4.01. The first-order valence-electron chi connectivity index (χ1n) is 10.2. The third-order valence-corrected chi connectivity index (χ3v) is 5.05. The molecular weight excluding hydrogens is 364 g/mol. The Kier molecular flexibility index (Phi) is 8.25. The zero-order chi connectivity index (χ0) is 21.4. The third-order valence-electron chi connectivity index (χ3n) is 5.05. The fourth-order valence-electron chi connectivity index (χ4n) is 3.00. The number of ether oxygens (including phenoxy) is 1. The summed E-state index contributed by atoms with van der Waals surface area (Å²) in [5, 5.41) is 2.97. The molecule has 0 unspecified atom stereocenters. The smallest absolute Gasteiger partial charge is 0.261 e. The highest BCUT2D eigenvalue weighted by Gasteiger charge is 2.27. The summed E-state index contributed by atoms with van der Waals surface area (Å²) in [6.07, 6.45) is 0.834. The lowest BCUT2D eigenvalue weighted by Gasteiger charge is -2.29. The van der Waals surface area contributed by atoms with Gasteiger partial charge in [-0.3, -0.25) is 9.59 Å². The van der Waals surface area contributed by atoms with Crippen LogP contribution in [0.3, 0.4) is 0 Å². The summed E-state index contributed by atoms with van der Waals surface area (Å²) in [5.74, 6) is 0.297. The van der Waals surface area contributed by atoms with Gasteiger partial charge < -0.3 is 15.0 Å². The largest absolute Gasteiger partial charge is 0.484 e. The SMILES string of the molecule is CC[C@@H](C)NC(=O)[C@H](C)N(Cc1cccc(C)c1)C(=O)COc1ccccc1C. The summed E-state index contributed by atoms with van der Waals surface area (Å²) in [7, 11) is 0. The van der Waals surface area contributed by atoms with E-state index < -0.39 is 6.04 Å². The van der Waals surface area contributed by atoms with Crippen LogP contribution in [-0.2, 0) is 16.1 Å². The number of nitrogens with one attached hydrogen (secondary N) is 1. The Morgan fingerprint density at radius 3 is 2.45 bits per heavy atom. The number of hydrogen-bond donors (Lipinski definition) is 1. The second-order valence-electron chi connectivity index (χ2n) is 7.56. The Morgan fingerprint density at radius 2 is 1.79 bits per heavy atom. The van der Waals surface area contributed by atoms with Gasteiger partial charge in [-0.2, -0.15) is 0 Å². The summed E-state index contributed by atoms with van der Waals surface area (Å²) in [5.41, 5.74) is 3.06. The van der Waals surface area contributed by atoms with Crippen LogP contribution >= 0.6 is 0 Å². The van der Waals surface area contributed by atoms with Crippen molar-refractivity contribution in [1.29, 1.82) is 0 Å². The summed E-state index contributed by atoms with van der Waals surface area (Å²) < 4.78 is 5.75. The number of para-hydroxylation sites is 1. The first-order valence-corrected chi connectivity index (χ1v) is 10.2. The molecule has 2 rings (SSSR count). The van der Waals surface area contributed by atoms with E-state index in [1.807, 2.05) is 76.2 Å². The number of carbonyl (C=O) groups excluding carboxylic acids is 2. The lowest BCUT2D eigenvalue weighted by molar-refractivity contribution is -0.142. The Bertz CT molecular complexity index is 834. The van der Waals surface area contributed by atoms with Crippen LogP contribution in [0.5, 0.6) is 5.75 Å². The molecule has 5 nitrogen and oxygen atoms in total. The zero-order valence-electron chi connectivity index (χ0n) is 18.1. The van der Waals surface area contributed by atoms with Gasteiger partial charge in [0, 0.05) is 12.6 Å². The lowest BCUT2D eigenvalue weighted by atomic mass is 10.1. The molecule has 0 heterocycles. The summed E-state index contributed by atoms with van der Waals surface area (Å²) in [4.78, 5) is 27.3. The predicted molar refractivity (Wildman–Crippen MR) is 116 cm³/mol. The van der Waals surface area contributed by atoms with Gasteiger partial charge in [-0.25, -0.2) is 0 Å². The Morgan fingerprint density at radius 1 is 1.07 bits per heavy atom. The van der Waals surface area contributed by atoms with Gasteiger partial charge >= 0.3 is 0 Å². The molecule has 29 heavy (non-hydrogen) atoms. The topological polar surface area (TPSA) is 58.6 Å². The molecule has 156 valence electrons. The molecule has 0 radical (unpaired) electrons. The van der Waals surface area contributed by atoms with Crippen LogP contribution in [0.15, 0.2) is 48.5 Å². The molecule has 0 bridgehead atoms. The van der Waals surface area contributed by atoms with Crippen molar-refractivity contribution >= 4 is 11.8 Å². The molecule has 0 saturated heterocycles. The van der Waals surface area contributed by atoms with Crippen LogP contribution in [0.2, 0.25) is 0 Å². The van der Waals surface area contributed by atoms with E-state index in [1.165, 1.54) is 0 Å². The molecule has 0 fully saturated rings. The van der Waals surface area contributed by atoms with E-state index >= 15 is 0 Å². The van der Waals surface area contributed by atoms with Gasteiger partial charge in [0.15, 0.2) is 6.61 Å². The maximum atomic E-state index is 13.0. The minimum atomic E-state index is -0.600. The highest BCUT2D eigenvalue weighted by Crippen LogP contribution is 2.17. The molecule has 0 spiro atoms. The standard InChI is InChI=1S/C24H32N2O3/c1-6-19(4)25-24(28)20(5)26(15-21-12-9-10-17(2)14-21)23(27)16-29-22-13-8-7-11-18(22)3/h7-14,19-20H,6,15-16H2,1-5H3,(H,25,28)/t19-,20+/m1/s1. The first kappa shape index (κ1) is 22.5. The maximum Gasteiger partial charge on any atom is 0.261 e. The van der Waals surface area contributed by atoms with Crippen LogP contribution in [0.1, 0.15) is 43.9 Å². The van der Waals surface area contributed by atoms with Crippen LogP contribution in [0, 0.1) is 13.8 Å². The molecule has 2 amide bonds. The summed E-state index contributed by atoms with van der Waals surface area (Å²) in [6.45, 7) is 9.92. The van der Waals surface area contributed by atoms with E-state index in [0.29, 0.717) is 12.3 Å². The van der Waals surface area contributed by atoms with Crippen LogP contribution in [0.4, 0.5) is 0 Å². The first-order chi connectivity index (χ1) is 13.8. The molecule has 2 aromatic carbocycles. The van der Waals surface area contributed by atoms with E-state index in [0.717, 1.165) is 23.1 Å². The number of carbonyl (C=O) groups is 2. The Hall–Kier alpha value is -2.82. The normalized spacial score (nSPS) is 12.7. The van der Waals surface area contributed by atoms with E-state index in [2.05, 4.69) is 5.32 Å². The maximum absolute atomic E-state index is 13.0. The van der Waals surface area contributed by atoms with Gasteiger partial charge in [0.25, 0.3) is 5.91 Å². The van der Waals surface area contributed by atoms with Crippen LogP contribution in [0.25, 0.3) is 0 Å². The summed E-state index contributed by atoms with van der Waals surface area (Å²) >= 11 is 0. The second kappa shape index (κ2) is 10.6. The minimum absolute atomic E-state index is 0.0593. The quantitative estimate of drug-likeness (QED) is 0.697. The van der Waals surface area contributed by atoms with Gasteiger partial charge in [0.2, 0.25) is 5.91 Å². The fraction of sp³-hybridized carbons (Fsp3) is 0.417. The molecule has 0 aromatic heterocycles. The van der Waals surface area contributed by atoms with Crippen molar-refractivity contribution in [2.45, 2.75) is 59.7 Å². The molecule has 0 aliphatic carbocycles. The van der Waals surface area contributed by atoms with E-state index in [1.54, 1.807) is 11.8 Å². The molecular formula is C24H32N2O3. The van der Waals surface area contributed by atoms with E-state index in [-0.39, 0.29) is 24.5 Å². The van der Waals surface area contributed by atoms with Crippen LogP contribution < -0.4 is 10.1 Å². The Labute approximate surface area is 174 Å². The van der Waals surface area contributed by atoms with Crippen molar-refractivity contribution in [3.05, 3.63) is 65.2 Å². The third kappa shape index (κ3) is 6.63. The molecule has 0 aliphatic heterocycles. The fourth-order valence-corrected chi connectivity index (χ4v) is 3.00. The van der Waals surface area contributed by atoms with E-state index in [9.17, 15) is 9.59 Å². The average Bonchev–Trinajstić information content (AvgIpc) is 2.70. The van der Waals surface area contributed by atoms with Gasteiger partial charge in [0.1, 0.15) is 11.8 Å². The highest BCUT2D eigenvalue weighted by atomic mass is 16.5. The molecule has 0 saturated carbocycles. The zero-order valence-corrected chi connectivity index (χ0v) is 18.1. The van der Waals surface area contributed by atoms with Crippen molar-refractivity contribution in [1.82, 2.24) is 10.2 Å². The summed E-state index contributed by atoms with van der Waals surface area (Å²) in [6, 6.07) is 15.0. The number of nitrogens with zero attached hydrogens (tertiary/aromatic N) is 1. The number of benzene rings is 2. The highest BCUT2D eigenvalue weighted by molar-refractivity contribution is 5.88. The second-order valence-corrected chi connectivity index (χ2v) is 7.56. The molecule has 2 atom stereocenters. The number of amides is 2. The van der Waals surface area contributed by atoms with Gasteiger partial charge in [-0.05, 0) is 51.3 Å². The minimum Gasteiger partial charge on any atom is -0.484 e. The van der Waals surface area contributed by atoms with Crippen LogP contribution in [-0.4, -0.2) is 35.4 Å². The van der Waals surface area contributed by atoms with E-state index in [4.69, 9.17) is 4.74 Å².